The van der Waals surface area contributed by atoms with Gasteiger partial charge >= 0.3 is 5.97 Å². The molecule has 0 aliphatic rings. The molecule has 24 heavy (non-hydrogen) atoms. The Hall–Kier alpha value is -0.650. The zero-order valence-corrected chi connectivity index (χ0v) is 15.4. The zero-order chi connectivity index (χ0) is 18.0. The Bertz CT molecular complexity index is 279. The number of unbranched alkanes of at least 4 members (excludes halogenated alkanes) is 11. The van der Waals surface area contributed by atoms with E-state index in [1.165, 1.54) is 57.8 Å². The van der Waals surface area contributed by atoms with Gasteiger partial charge in [0.05, 0.1) is 13.2 Å². The zero-order valence-electron chi connectivity index (χ0n) is 15.4. The van der Waals surface area contributed by atoms with E-state index in [1.807, 2.05) is 0 Å². The number of esters is 1. The smallest absolute Gasteiger partial charge is 0.335 e. The first kappa shape index (κ1) is 23.4. The number of hydrogen-bond acceptors (Lipinski definition) is 5. The van der Waals surface area contributed by atoms with Crippen LogP contribution in [0.25, 0.3) is 0 Å². The fourth-order valence-corrected chi connectivity index (χ4v) is 2.67. The summed E-state index contributed by atoms with van der Waals surface area (Å²) >= 11 is 0. The molecule has 0 saturated heterocycles. The summed E-state index contributed by atoms with van der Waals surface area (Å²) in [6, 6.07) is 0. The van der Waals surface area contributed by atoms with Gasteiger partial charge in [-0.25, -0.2) is 4.79 Å². The second kappa shape index (κ2) is 17.2. The van der Waals surface area contributed by atoms with Crippen LogP contribution in [0.15, 0.2) is 0 Å². The first-order valence-corrected chi connectivity index (χ1v) is 9.76. The Morgan fingerprint density at radius 3 is 1.62 bits per heavy atom. The lowest BCUT2D eigenvalue weighted by molar-refractivity contribution is -0.163. The van der Waals surface area contributed by atoms with Crippen molar-refractivity contribution in [2.45, 2.75) is 103 Å². The fraction of sp³-hybridized carbons (Fsp3) is 0.947. The lowest BCUT2D eigenvalue weighted by Crippen LogP contribution is -2.32. The molecule has 0 heterocycles. The molecule has 0 fully saturated rings. The normalized spacial score (nSPS) is 12.5. The lowest BCUT2D eigenvalue weighted by atomic mass is 10.0. The Labute approximate surface area is 147 Å². The number of carbonyl (C=O) groups excluding carboxylic acids is 1. The van der Waals surface area contributed by atoms with Crippen LogP contribution < -0.4 is 0 Å². The van der Waals surface area contributed by atoms with Crippen LogP contribution >= 0.6 is 0 Å². The van der Waals surface area contributed by atoms with Crippen LogP contribution in [-0.4, -0.2) is 46.7 Å². The minimum absolute atomic E-state index is 0.375. The van der Waals surface area contributed by atoms with Gasteiger partial charge in [0.1, 0.15) is 6.10 Å². The predicted molar refractivity (Wildman–Crippen MR) is 95.8 cm³/mol. The first-order valence-electron chi connectivity index (χ1n) is 9.76. The molecule has 5 heteroatoms. The summed E-state index contributed by atoms with van der Waals surface area (Å²) in [7, 11) is 0. The molecule has 144 valence electrons. The van der Waals surface area contributed by atoms with E-state index in [4.69, 9.17) is 14.9 Å². The van der Waals surface area contributed by atoms with Gasteiger partial charge in [-0.2, -0.15) is 0 Å². The third-order valence-corrected chi connectivity index (χ3v) is 4.29. The molecule has 1 atom stereocenters. The molecule has 0 aromatic heterocycles. The van der Waals surface area contributed by atoms with E-state index in [2.05, 4.69) is 6.92 Å². The summed E-state index contributed by atoms with van der Waals surface area (Å²) in [4.78, 5) is 11.5. The van der Waals surface area contributed by atoms with Crippen molar-refractivity contribution in [3.63, 3.8) is 0 Å². The Morgan fingerprint density at radius 1 is 0.792 bits per heavy atom. The van der Waals surface area contributed by atoms with Crippen molar-refractivity contribution in [1.29, 1.82) is 0 Å². The van der Waals surface area contributed by atoms with Crippen molar-refractivity contribution in [3.05, 3.63) is 0 Å². The molecule has 0 amide bonds. The van der Waals surface area contributed by atoms with Crippen LogP contribution in [0.3, 0.4) is 0 Å². The Morgan fingerprint density at radius 2 is 1.21 bits per heavy atom. The van der Waals surface area contributed by atoms with E-state index in [0.29, 0.717) is 6.42 Å². The molecule has 0 aromatic rings. The Kier molecular flexibility index (Phi) is 16.7. The van der Waals surface area contributed by atoms with E-state index in [1.54, 1.807) is 0 Å². The van der Waals surface area contributed by atoms with Gasteiger partial charge in [-0.3, -0.25) is 0 Å². The van der Waals surface area contributed by atoms with Gasteiger partial charge in [0.25, 0.3) is 0 Å². The van der Waals surface area contributed by atoms with E-state index in [9.17, 15) is 9.90 Å². The molecule has 0 saturated carbocycles. The standard InChI is InChI=1S/C19H38O5/c1-2-3-4-5-6-7-8-9-10-11-12-13-14-18(22)19(23)24-17(15-20)16-21/h17-18,20-22H,2-16H2,1H3. The van der Waals surface area contributed by atoms with Crippen molar-refractivity contribution in [3.8, 4) is 0 Å². The second-order valence-corrected chi connectivity index (χ2v) is 6.62. The highest BCUT2D eigenvalue weighted by molar-refractivity contribution is 5.74. The van der Waals surface area contributed by atoms with Crippen molar-refractivity contribution in [2.75, 3.05) is 13.2 Å². The summed E-state index contributed by atoms with van der Waals surface area (Å²) in [5.41, 5.74) is 0. The van der Waals surface area contributed by atoms with E-state index >= 15 is 0 Å². The van der Waals surface area contributed by atoms with E-state index in [-0.39, 0.29) is 0 Å². The molecule has 0 bridgehead atoms. The predicted octanol–water partition coefficient (Wildman–Crippen LogP) is 3.33. The number of carbonyl (C=O) groups is 1. The molecule has 0 aliphatic heterocycles. The van der Waals surface area contributed by atoms with E-state index < -0.39 is 31.4 Å². The average molecular weight is 347 g/mol. The van der Waals surface area contributed by atoms with Gasteiger partial charge in [0.2, 0.25) is 0 Å². The Balaban J connectivity index is 3.38. The maximum absolute atomic E-state index is 11.5. The fourth-order valence-electron chi connectivity index (χ4n) is 2.67. The molecule has 0 aromatic carbocycles. The SMILES string of the molecule is CCCCCCCCCCCCCCC(O)C(=O)OC(CO)CO. The number of aliphatic hydroxyl groups excluding tert-OH is 3. The van der Waals surface area contributed by atoms with Gasteiger partial charge in [-0.05, 0) is 6.42 Å². The number of rotatable bonds is 17. The summed E-state index contributed by atoms with van der Waals surface area (Å²) in [6.07, 6.45) is 13.1. The monoisotopic (exact) mass is 346 g/mol. The van der Waals surface area contributed by atoms with Gasteiger partial charge < -0.3 is 20.1 Å². The molecule has 0 aliphatic carbocycles. The molecule has 0 radical (unpaired) electrons. The molecular weight excluding hydrogens is 308 g/mol. The van der Waals surface area contributed by atoms with Crippen LogP contribution in [0.1, 0.15) is 90.4 Å². The van der Waals surface area contributed by atoms with Gasteiger partial charge in [-0.15, -0.1) is 0 Å². The summed E-state index contributed by atoms with van der Waals surface area (Å²) < 4.78 is 4.78. The number of ether oxygens (including phenoxy) is 1. The maximum Gasteiger partial charge on any atom is 0.335 e. The van der Waals surface area contributed by atoms with Crippen molar-refractivity contribution >= 4 is 5.97 Å². The third-order valence-electron chi connectivity index (χ3n) is 4.29. The highest BCUT2D eigenvalue weighted by atomic mass is 16.6. The van der Waals surface area contributed by atoms with Gasteiger partial charge in [0, 0.05) is 0 Å². The molecular formula is C19H38O5. The van der Waals surface area contributed by atoms with Crippen LogP contribution in [-0.2, 0) is 9.53 Å². The first-order chi connectivity index (χ1) is 11.7. The van der Waals surface area contributed by atoms with Crippen LogP contribution in [0.4, 0.5) is 0 Å². The number of aliphatic hydroxyl groups is 3. The van der Waals surface area contributed by atoms with Crippen LogP contribution in [0, 0.1) is 0 Å². The van der Waals surface area contributed by atoms with Gasteiger partial charge in [-0.1, -0.05) is 84.0 Å². The quantitative estimate of drug-likeness (QED) is 0.278. The minimum Gasteiger partial charge on any atom is -0.456 e. The second-order valence-electron chi connectivity index (χ2n) is 6.62. The summed E-state index contributed by atoms with van der Waals surface area (Å²) in [5, 5.41) is 27.3. The van der Waals surface area contributed by atoms with Crippen LogP contribution in [0.5, 0.6) is 0 Å². The van der Waals surface area contributed by atoms with Gasteiger partial charge in [0.15, 0.2) is 6.10 Å². The molecule has 0 rings (SSSR count). The van der Waals surface area contributed by atoms with Crippen LogP contribution in [0.2, 0.25) is 0 Å². The molecule has 5 nitrogen and oxygen atoms in total. The maximum atomic E-state index is 11.5. The lowest BCUT2D eigenvalue weighted by Gasteiger charge is -2.15. The summed E-state index contributed by atoms with van der Waals surface area (Å²) in [6.45, 7) is 1.37. The topological polar surface area (TPSA) is 87.0 Å². The van der Waals surface area contributed by atoms with Crippen molar-refractivity contribution in [2.24, 2.45) is 0 Å². The highest BCUT2D eigenvalue weighted by Gasteiger charge is 2.20. The molecule has 3 N–H and O–H groups in total. The minimum atomic E-state index is -1.16. The molecule has 0 spiro atoms. The highest BCUT2D eigenvalue weighted by Crippen LogP contribution is 2.13. The molecule has 1 unspecified atom stereocenters. The largest absolute Gasteiger partial charge is 0.456 e. The third kappa shape index (κ3) is 13.8. The van der Waals surface area contributed by atoms with Crippen molar-refractivity contribution in [1.82, 2.24) is 0 Å². The van der Waals surface area contributed by atoms with Crippen molar-refractivity contribution < 1.29 is 24.9 Å². The average Bonchev–Trinajstić information content (AvgIpc) is 2.60. The summed E-state index contributed by atoms with van der Waals surface area (Å²) in [5.74, 6) is -0.758. The van der Waals surface area contributed by atoms with E-state index in [0.717, 1.165) is 19.3 Å². The number of hydrogen-bond donors (Lipinski definition) is 3.